The van der Waals surface area contributed by atoms with Crippen molar-refractivity contribution in [2.24, 2.45) is 29.1 Å². The maximum atomic E-state index is 9.75. The van der Waals surface area contributed by atoms with E-state index in [0.29, 0.717) is 5.92 Å². The van der Waals surface area contributed by atoms with Gasteiger partial charge in [-0.05, 0) is 62.2 Å². The lowest BCUT2D eigenvalue weighted by molar-refractivity contribution is 0.0671. The zero-order valence-corrected chi connectivity index (χ0v) is 12.4. The quantitative estimate of drug-likeness (QED) is 0.660. The molecule has 102 valence electrons. The molecule has 1 nitrogen and oxygen atoms in total. The second-order valence-corrected chi connectivity index (χ2v) is 7.08. The largest absolute Gasteiger partial charge is 0.198 e. The van der Waals surface area contributed by atoms with Gasteiger partial charge in [-0.15, -0.1) is 0 Å². The third-order valence-corrected chi connectivity index (χ3v) is 6.18. The van der Waals surface area contributed by atoms with Crippen molar-refractivity contribution in [1.29, 1.82) is 5.26 Å². The lowest BCUT2D eigenvalue weighted by Crippen LogP contribution is -2.37. The highest BCUT2D eigenvalue weighted by Crippen LogP contribution is 2.51. The molecule has 2 aliphatic rings. The summed E-state index contributed by atoms with van der Waals surface area (Å²) in [5.41, 5.74) is 0.0417. The lowest BCUT2D eigenvalue weighted by Gasteiger charge is -2.45. The van der Waals surface area contributed by atoms with Gasteiger partial charge in [-0.3, -0.25) is 0 Å². The van der Waals surface area contributed by atoms with Crippen molar-refractivity contribution in [3.05, 3.63) is 0 Å². The molecule has 2 fully saturated rings. The Kier molecular flexibility index (Phi) is 4.36. The highest BCUT2D eigenvalue weighted by molar-refractivity contribution is 5.06. The van der Waals surface area contributed by atoms with Crippen LogP contribution in [-0.4, -0.2) is 0 Å². The summed E-state index contributed by atoms with van der Waals surface area (Å²) in [6, 6.07) is 2.77. The third kappa shape index (κ3) is 2.58. The van der Waals surface area contributed by atoms with Crippen LogP contribution in [0.15, 0.2) is 0 Å². The van der Waals surface area contributed by atoms with E-state index in [1.165, 1.54) is 51.4 Å². The van der Waals surface area contributed by atoms with E-state index in [2.05, 4.69) is 26.8 Å². The molecule has 0 aromatic carbocycles. The van der Waals surface area contributed by atoms with Crippen LogP contribution in [0.1, 0.15) is 72.1 Å². The SMILES string of the molecule is CCC1CCC(C#N)(C2CCC(C)C(C)C2)CC1. The number of hydrogen-bond donors (Lipinski definition) is 0. The fourth-order valence-electron chi connectivity index (χ4n) is 4.26. The van der Waals surface area contributed by atoms with Crippen LogP contribution in [0, 0.1) is 40.4 Å². The van der Waals surface area contributed by atoms with Crippen LogP contribution in [0.4, 0.5) is 0 Å². The van der Waals surface area contributed by atoms with E-state index in [4.69, 9.17) is 0 Å². The monoisotopic (exact) mass is 247 g/mol. The van der Waals surface area contributed by atoms with E-state index in [-0.39, 0.29) is 5.41 Å². The molecule has 1 heteroatoms. The van der Waals surface area contributed by atoms with Crippen LogP contribution < -0.4 is 0 Å². The molecule has 0 heterocycles. The Balaban J connectivity index is 2.03. The first kappa shape index (κ1) is 13.9. The van der Waals surface area contributed by atoms with Crippen molar-refractivity contribution in [2.45, 2.75) is 72.1 Å². The molecule has 0 spiro atoms. The van der Waals surface area contributed by atoms with Gasteiger partial charge >= 0.3 is 0 Å². The normalized spacial score (nSPS) is 45.4. The van der Waals surface area contributed by atoms with Crippen LogP contribution in [0.5, 0.6) is 0 Å². The summed E-state index contributed by atoms with van der Waals surface area (Å²) in [7, 11) is 0. The summed E-state index contributed by atoms with van der Waals surface area (Å²) in [6.07, 6.45) is 10.2. The fourth-order valence-corrected chi connectivity index (χ4v) is 4.26. The first-order chi connectivity index (χ1) is 8.61. The topological polar surface area (TPSA) is 23.8 Å². The average molecular weight is 247 g/mol. The summed E-state index contributed by atoms with van der Waals surface area (Å²) in [5, 5.41) is 9.75. The van der Waals surface area contributed by atoms with Crippen LogP contribution in [0.2, 0.25) is 0 Å². The van der Waals surface area contributed by atoms with Gasteiger partial charge in [-0.2, -0.15) is 5.26 Å². The molecular formula is C17H29N. The van der Waals surface area contributed by atoms with Crippen molar-refractivity contribution >= 4 is 0 Å². The highest BCUT2D eigenvalue weighted by Gasteiger charge is 2.44. The minimum atomic E-state index is 0.0417. The molecule has 2 rings (SSSR count). The zero-order chi connectivity index (χ0) is 13.2. The Hall–Kier alpha value is -0.510. The molecule has 0 amide bonds. The summed E-state index contributed by atoms with van der Waals surface area (Å²) in [6.45, 7) is 7.07. The molecular weight excluding hydrogens is 218 g/mol. The predicted molar refractivity (Wildman–Crippen MR) is 76.0 cm³/mol. The van der Waals surface area contributed by atoms with E-state index in [0.717, 1.165) is 17.8 Å². The molecule has 0 aromatic heterocycles. The molecule has 3 atom stereocenters. The van der Waals surface area contributed by atoms with E-state index < -0.39 is 0 Å². The Morgan fingerprint density at radius 1 is 1.06 bits per heavy atom. The molecule has 3 unspecified atom stereocenters. The van der Waals surface area contributed by atoms with Crippen molar-refractivity contribution in [2.75, 3.05) is 0 Å². The van der Waals surface area contributed by atoms with Crippen molar-refractivity contribution < 1.29 is 0 Å². The standard InChI is InChI=1S/C17H29N/c1-4-15-7-9-17(12-18,10-8-15)16-6-5-13(2)14(3)11-16/h13-16H,4-11H2,1-3H3. The summed E-state index contributed by atoms with van der Waals surface area (Å²) in [5.74, 6) is 3.26. The molecule has 0 aromatic rings. The highest BCUT2D eigenvalue weighted by atomic mass is 14.5. The smallest absolute Gasteiger partial charge is 0.0692 e. The van der Waals surface area contributed by atoms with Gasteiger partial charge in [-0.1, -0.05) is 33.6 Å². The second kappa shape index (κ2) is 5.64. The first-order valence-corrected chi connectivity index (χ1v) is 8.02. The van der Waals surface area contributed by atoms with Gasteiger partial charge in [-0.25, -0.2) is 0 Å². The summed E-state index contributed by atoms with van der Waals surface area (Å²) in [4.78, 5) is 0. The molecule has 0 N–H and O–H groups in total. The van der Waals surface area contributed by atoms with Gasteiger partial charge in [0.25, 0.3) is 0 Å². The van der Waals surface area contributed by atoms with Crippen LogP contribution in [0.3, 0.4) is 0 Å². The zero-order valence-electron chi connectivity index (χ0n) is 12.4. The van der Waals surface area contributed by atoms with Gasteiger partial charge in [0.1, 0.15) is 0 Å². The first-order valence-electron chi connectivity index (χ1n) is 8.02. The fraction of sp³-hybridized carbons (Fsp3) is 0.941. The van der Waals surface area contributed by atoms with E-state index in [1.807, 2.05) is 0 Å². The molecule has 2 aliphatic carbocycles. The Bertz CT molecular complexity index is 306. The number of rotatable bonds is 2. The van der Waals surface area contributed by atoms with Gasteiger partial charge in [0.15, 0.2) is 0 Å². The average Bonchev–Trinajstić information content (AvgIpc) is 2.42. The number of nitrogens with zero attached hydrogens (tertiary/aromatic N) is 1. The lowest BCUT2D eigenvalue weighted by atomic mass is 9.58. The molecule has 2 saturated carbocycles. The van der Waals surface area contributed by atoms with Gasteiger partial charge in [0, 0.05) is 0 Å². The summed E-state index contributed by atoms with van der Waals surface area (Å²) < 4.78 is 0. The van der Waals surface area contributed by atoms with Crippen molar-refractivity contribution in [1.82, 2.24) is 0 Å². The minimum Gasteiger partial charge on any atom is -0.198 e. The van der Waals surface area contributed by atoms with Crippen LogP contribution in [0.25, 0.3) is 0 Å². The third-order valence-electron chi connectivity index (χ3n) is 6.18. The van der Waals surface area contributed by atoms with Gasteiger partial charge < -0.3 is 0 Å². The molecule has 0 aliphatic heterocycles. The molecule has 18 heavy (non-hydrogen) atoms. The predicted octanol–water partition coefficient (Wildman–Crippen LogP) is 5.17. The maximum absolute atomic E-state index is 9.75. The Morgan fingerprint density at radius 3 is 2.22 bits per heavy atom. The molecule has 0 radical (unpaired) electrons. The summed E-state index contributed by atoms with van der Waals surface area (Å²) >= 11 is 0. The van der Waals surface area contributed by atoms with Gasteiger partial charge in [0.05, 0.1) is 11.5 Å². The van der Waals surface area contributed by atoms with E-state index in [1.54, 1.807) is 0 Å². The van der Waals surface area contributed by atoms with E-state index in [9.17, 15) is 5.26 Å². The maximum Gasteiger partial charge on any atom is 0.0692 e. The van der Waals surface area contributed by atoms with Gasteiger partial charge in [0.2, 0.25) is 0 Å². The number of nitriles is 1. The van der Waals surface area contributed by atoms with Crippen molar-refractivity contribution in [3.8, 4) is 6.07 Å². The second-order valence-electron chi connectivity index (χ2n) is 7.08. The number of hydrogen-bond acceptors (Lipinski definition) is 1. The minimum absolute atomic E-state index is 0.0417. The Labute approximate surface area is 113 Å². The molecule has 0 bridgehead atoms. The Morgan fingerprint density at radius 2 is 1.72 bits per heavy atom. The van der Waals surface area contributed by atoms with E-state index >= 15 is 0 Å². The molecule has 0 saturated heterocycles. The van der Waals surface area contributed by atoms with Crippen LogP contribution >= 0.6 is 0 Å². The van der Waals surface area contributed by atoms with Crippen LogP contribution in [-0.2, 0) is 0 Å². The van der Waals surface area contributed by atoms with Crippen molar-refractivity contribution in [3.63, 3.8) is 0 Å².